The molecule has 3 nitrogen and oxygen atoms in total. The molecular formula is C3H8NNaO2S. The van der Waals surface area contributed by atoms with Crippen LogP contribution in [0.1, 0.15) is 1.43 Å². The third-order valence-electron chi connectivity index (χ3n) is 0.514. The number of aliphatic carboxylic acids is 1. The van der Waals surface area contributed by atoms with E-state index in [4.69, 9.17) is 10.8 Å². The molecule has 0 amide bonds. The van der Waals surface area contributed by atoms with E-state index < -0.39 is 12.0 Å². The zero-order valence-corrected chi connectivity index (χ0v) is 7.56. The molecule has 1 atom stereocenters. The van der Waals surface area contributed by atoms with Gasteiger partial charge in [-0.3, -0.25) is 4.79 Å². The van der Waals surface area contributed by atoms with Crippen molar-refractivity contribution in [1.82, 2.24) is 0 Å². The average Bonchev–Trinajstić information content (AvgIpc) is 1.65. The molecular weight excluding hydrogens is 137 g/mol. The maximum Gasteiger partial charge on any atom is 1.00 e. The second-order valence-electron chi connectivity index (χ2n) is 1.13. The van der Waals surface area contributed by atoms with E-state index in [-0.39, 0.29) is 36.7 Å². The zero-order valence-electron chi connectivity index (χ0n) is 5.66. The Morgan fingerprint density at radius 2 is 2.38 bits per heavy atom. The number of rotatable bonds is 2. The number of thiol groups is 1. The van der Waals surface area contributed by atoms with Gasteiger partial charge in [0.1, 0.15) is 6.04 Å². The molecule has 5 heteroatoms. The molecule has 8 heavy (non-hydrogen) atoms. The minimum Gasteiger partial charge on any atom is -1.00 e. The summed E-state index contributed by atoms with van der Waals surface area (Å²) in [6.07, 6.45) is 0. The Kier molecular flexibility index (Phi) is 8.54. The van der Waals surface area contributed by atoms with Gasteiger partial charge in [-0.2, -0.15) is 12.6 Å². The van der Waals surface area contributed by atoms with Crippen LogP contribution in [0.3, 0.4) is 0 Å². The molecule has 0 aliphatic rings. The molecule has 0 aliphatic heterocycles. The molecule has 44 valence electrons. The standard InChI is InChI=1S/C3H7NO2S.Na.H/c4-2(1-7)3(5)6;;/h2,7H,1,4H2,(H,5,6);;/q;+1;-1/t2-;;/m0../s1. The minimum atomic E-state index is -1.00. The first kappa shape index (κ1) is 11.6. The quantitative estimate of drug-likeness (QED) is 0.278. The average molecular weight is 145 g/mol. The van der Waals surface area contributed by atoms with E-state index in [1.807, 2.05) is 0 Å². The molecule has 3 N–H and O–H groups in total. The van der Waals surface area contributed by atoms with E-state index in [0.717, 1.165) is 0 Å². The van der Waals surface area contributed by atoms with Crippen molar-refractivity contribution in [2.75, 3.05) is 5.75 Å². The second-order valence-corrected chi connectivity index (χ2v) is 1.49. The molecule has 0 rings (SSSR count). The largest absolute Gasteiger partial charge is 1.00 e. The van der Waals surface area contributed by atoms with Crippen molar-refractivity contribution in [1.29, 1.82) is 0 Å². The van der Waals surface area contributed by atoms with Gasteiger partial charge >= 0.3 is 35.5 Å². The molecule has 0 bridgehead atoms. The van der Waals surface area contributed by atoms with Gasteiger partial charge in [0.15, 0.2) is 0 Å². The van der Waals surface area contributed by atoms with Crippen LogP contribution in [0.4, 0.5) is 0 Å². The zero-order chi connectivity index (χ0) is 5.86. The van der Waals surface area contributed by atoms with Crippen LogP contribution in [-0.2, 0) is 4.79 Å². The van der Waals surface area contributed by atoms with Crippen molar-refractivity contribution in [2.24, 2.45) is 5.73 Å². The predicted octanol–water partition coefficient (Wildman–Crippen LogP) is -3.56. The second kappa shape index (κ2) is 5.91. The number of carboxylic acid groups (broad SMARTS) is 1. The fourth-order valence-electron chi connectivity index (χ4n) is 0.0781. The molecule has 0 heterocycles. The Balaban J connectivity index is -0.000000180. The van der Waals surface area contributed by atoms with Gasteiger partial charge in [0.2, 0.25) is 0 Å². The molecule has 0 spiro atoms. The summed E-state index contributed by atoms with van der Waals surface area (Å²) in [6.45, 7) is 0. The maximum absolute atomic E-state index is 9.76. The Labute approximate surface area is 76.8 Å². The Morgan fingerprint density at radius 3 is 2.38 bits per heavy atom. The fraction of sp³-hybridized carbons (Fsp3) is 0.667. The number of nitrogens with two attached hydrogens (primary N) is 1. The van der Waals surface area contributed by atoms with Crippen LogP contribution in [0.15, 0.2) is 0 Å². The first-order valence-electron chi connectivity index (χ1n) is 1.77. The monoisotopic (exact) mass is 145 g/mol. The summed E-state index contributed by atoms with van der Waals surface area (Å²) < 4.78 is 0. The van der Waals surface area contributed by atoms with Crippen molar-refractivity contribution in [3.63, 3.8) is 0 Å². The van der Waals surface area contributed by atoms with Gasteiger partial charge in [0.25, 0.3) is 0 Å². The number of carbonyl (C=O) groups is 1. The number of carboxylic acids is 1. The van der Waals surface area contributed by atoms with Gasteiger partial charge in [-0.15, -0.1) is 0 Å². The Hall–Kier alpha value is 0.780. The normalized spacial score (nSPS) is 11.8. The van der Waals surface area contributed by atoms with Crippen LogP contribution in [0.25, 0.3) is 0 Å². The maximum atomic E-state index is 9.76. The number of hydrogen-bond donors (Lipinski definition) is 3. The molecule has 0 aromatic rings. The van der Waals surface area contributed by atoms with Gasteiger partial charge in [-0.05, 0) is 0 Å². The van der Waals surface area contributed by atoms with E-state index in [0.29, 0.717) is 0 Å². The van der Waals surface area contributed by atoms with Crippen molar-refractivity contribution in [3.05, 3.63) is 0 Å². The summed E-state index contributed by atoms with van der Waals surface area (Å²) in [4.78, 5) is 9.76. The third-order valence-corrected chi connectivity index (χ3v) is 0.907. The predicted molar refractivity (Wildman–Crippen MR) is 30.6 cm³/mol. The molecule has 0 fully saturated rings. The SMILES string of the molecule is N[C@@H](CS)C(=O)O.[H-].[Na+]. The van der Waals surface area contributed by atoms with Crippen LogP contribution in [-0.4, -0.2) is 22.9 Å². The fourth-order valence-corrected chi connectivity index (χ4v) is 0.234. The Morgan fingerprint density at radius 1 is 2.00 bits per heavy atom. The topological polar surface area (TPSA) is 63.3 Å². The van der Waals surface area contributed by atoms with Crippen LogP contribution in [0.2, 0.25) is 0 Å². The van der Waals surface area contributed by atoms with Crippen LogP contribution >= 0.6 is 12.6 Å². The van der Waals surface area contributed by atoms with Gasteiger partial charge in [0, 0.05) is 5.75 Å². The Bertz CT molecular complexity index is 84.2. The first-order valence-corrected chi connectivity index (χ1v) is 2.41. The van der Waals surface area contributed by atoms with E-state index in [2.05, 4.69) is 12.6 Å². The summed E-state index contributed by atoms with van der Waals surface area (Å²) in [6, 6.07) is -0.816. The number of hydrogen-bond acceptors (Lipinski definition) is 3. The smallest absolute Gasteiger partial charge is 1.00 e. The van der Waals surface area contributed by atoms with Gasteiger partial charge in [-0.1, -0.05) is 0 Å². The molecule has 0 saturated carbocycles. The van der Waals surface area contributed by atoms with E-state index >= 15 is 0 Å². The summed E-state index contributed by atoms with van der Waals surface area (Å²) in [5.74, 6) is -0.815. The summed E-state index contributed by atoms with van der Waals surface area (Å²) in [5, 5.41) is 8.01. The van der Waals surface area contributed by atoms with E-state index in [9.17, 15) is 4.79 Å². The summed E-state index contributed by atoms with van der Waals surface area (Å²) in [5.41, 5.74) is 4.94. The van der Waals surface area contributed by atoms with Crippen molar-refractivity contribution in [2.45, 2.75) is 6.04 Å². The molecule has 0 aromatic heterocycles. The van der Waals surface area contributed by atoms with Gasteiger partial charge in [0.05, 0.1) is 0 Å². The molecule has 0 aromatic carbocycles. The van der Waals surface area contributed by atoms with E-state index in [1.54, 1.807) is 0 Å². The van der Waals surface area contributed by atoms with E-state index in [1.165, 1.54) is 0 Å². The molecule has 0 saturated heterocycles. The van der Waals surface area contributed by atoms with Crippen molar-refractivity contribution in [3.8, 4) is 0 Å². The third kappa shape index (κ3) is 4.93. The van der Waals surface area contributed by atoms with Crippen LogP contribution in [0, 0.1) is 0 Å². The van der Waals surface area contributed by atoms with Crippen molar-refractivity contribution >= 4 is 18.6 Å². The van der Waals surface area contributed by atoms with Crippen LogP contribution < -0.4 is 35.3 Å². The van der Waals surface area contributed by atoms with Gasteiger partial charge in [-0.25, -0.2) is 0 Å². The van der Waals surface area contributed by atoms with Crippen LogP contribution in [0.5, 0.6) is 0 Å². The first-order chi connectivity index (χ1) is 3.18. The summed E-state index contributed by atoms with van der Waals surface area (Å²) >= 11 is 3.65. The molecule has 0 aliphatic carbocycles. The molecule has 0 radical (unpaired) electrons. The molecule has 0 unspecified atom stereocenters. The minimum absolute atomic E-state index is 0. The summed E-state index contributed by atoms with van der Waals surface area (Å²) in [7, 11) is 0. The van der Waals surface area contributed by atoms with Gasteiger partial charge < -0.3 is 12.3 Å². The van der Waals surface area contributed by atoms with Crippen molar-refractivity contribution < 1.29 is 40.9 Å².